The summed E-state index contributed by atoms with van der Waals surface area (Å²) in [7, 11) is 0. The van der Waals surface area contributed by atoms with E-state index in [9.17, 15) is 9.59 Å². The Morgan fingerprint density at radius 3 is 2.50 bits per heavy atom. The molecular formula is C15H19NO3S. The number of carbonyl (C=O) groups is 2. The van der Waals surface area contributed by atoms with Crippen LogP contribution in [0.4, 0.5) is 0 Å². The number of hydrogen-bond donors (Lipinski definition) is 1. The molecule has 1 aromatic rings. The summed E-state index contributed by atoms with van der Waals surface area (Å²) in [6.07, 6.45) is 0. The molecule has 0 aromatic heterocycles. The van der Waals surface area contributed by atoms with Crippen molar-refractivity contribution in [2.45, 2.75) is 25.5 Å². The van der Waals surface area contributed by atoms with E-state index in [4.69, 9.17) is 5.11 Å². The first-order valence-corrected chi connectivity index (χ1v) is 7.55. The largest absolute Gasteiger partial charge is 0.478 e. The molecule has 0 aliphatic carbocycles. The number of amides is 1. The number of nitrogens with zero attached hydrogens (tertiary/aromatic N) is 1. The number of carbonyl (C=O) groups excluding carboxylic acids is 1. The number of hydrogen-bond acceptors (Lipinski definition) is 3. The normalized spacial score (nSPS) is 17.9. The van der Waals surface area contributed by atoms with Gasteiger partial charge in [-0.15, -0.1) is 0 Å². The summed E-state index contributed by atoms with van der Waals surface area (Å²) >= 11 is 1.86. The molecule has 0 spiro atoms. The Balaban J connectivity index is 2.27. The number of rotatable bonds is 2. The fourth-order valence-electron chi connectivity index (χ4n) is 2.40. The third-order valence-electron chi connectivity index (χ3n) is 3.28. The first kappa shape index (κ1) is 14.9. The topological polar surface area (TPSA) is 57.6 Å². The zero-order valence-electron chi connectivity index (χ0n) is 12.0. The van der Waals surface area contributed by atoms with Gasteiger partial charge in [-0.25, -0.2) is 4.79 Å². The van der Waals surface area contributed by atoms with Gasteiger partial charge < -0.3 is 10.0 Å². The van der Waals surface area contributed by atoms with Crippen LogP contribution in [-0.4, -0.2) is 45.5 Å². The maximum atomic E-state index is 12.5. The average Bonchev–Trinajstić information content (AvgIpc) is 2.35. The summed E-state index contributed by atoms with van der Waals surface area (Å²) in [6, 6.07) is 4.80. The van der Waals surface area contributed by atoms with Gasteiger partial charge in [0.05, 0.1) is 5.56 Å². The van der Waals surface area contributed by atoms with Crippen LogP contribution >= 0.6 is 11.8 Å². The van der Waals surface area contributed by atoms with Gasteiger partial charge in [0, 0.05) is 29.2 Å². The first-order chi connectivity index (χ1) is 9.28. The van der Waals surface area contributed by atoms with Crippen LogP contribution in [0.25, 0.3) is 0 Å². The molecular weight excluding hydrogens is 274 g/mol. The van der Waals surface area contributed by atoms with E-state index < -0.39 is 5.97 Å². The Hall–Kier alpha value is -1.49. The zero-order chi connectivity index (χ0) is 14.9. The van der Waals surface area contributed by atoms with Crippen LogP contribution in [0.15, 0.2) is 18.2 Å². The first-order valence-electron chi connectivity index (χ1n) is 6.57. The Bertz CT molecular complexity index is 554. The van der Waals surface area contributed by atoms with Crippen LogP contribution in [0.2, 0.25) is 0 Å². The third kappa shape index (κ3) is 3.33. The van der Waals surface area contributed by atoms with E-state index in [0.717, 1.165) is 11.3 Å². The predicted molar refractivity (Wildman–Crippen MR) is 80.6 cm³/mol. The lowest BCUT2D eigenvalue weighted by atomic mass is 10.0. The van der Waals surface area contributed by atoms with Crippen LogP contribution in [0.5, 0.6) is 0 Å². The highest BCUT2D eigenvalue weighted by molar-refractivity contribution is 8.00. The molecule has 4 nitrogen and oxygen atoms in total. The number of carboxylic acids is 1. The molecule has 1 N–H and O–H groups in total. The number of aromatic carboxylic acids is 1. The minimum Gasteiger partial charge on any atom is -0.478 e. The van der Waals surface area contributed by atoms with E-state index in [1.165, 1.54) is 6.07 Å². The number of aryl methyl sites for hydroxylation is 1. The summed E-state index contributed by atoms with van der Waals surface area (Å²) in [5.41, 5.74) is 1.42. The molecule has 1 amide bonds. The van der Waals surface area contributed by atoms with Gasteiger partial charge in [-0.1, -0.05) is 0 Å². The van der Waals surface area contributed by atoms with Gasteiger partial charge in [0.2, 0.25) is 0 Å². The summed E-state index contributed by atoms with van der Waals surface area (Å²) in [5.74, 6) is -0.169. The maximum absolute atomic E-state index is 12.5. The van der Waals surface area contributed by atoms with Crippen molar-refractivity contribution >= 4 is 23.6 Å². The highest BCUT2D eigenvalue weighted by Crippen LogP contribution is 2.30. The smallest absolute Gasteiger partial charge is 0.335 e. The predicted octanol–water partition coefficient (Wildman–Crippen LogP) is 2.66. The lowest BCUT2D eigenvalue weighted by molar-refractivity contribution is 0.0696. The standard InChI is InChI=1S/C15H19NO3S/c1-10-6-11(8-12(7-10)14(18)19)13(17)16-4-5-20-15(2,3)9-16/h6-8H,4-5,9H2,1-3H3,(H,18,19). The van der Waals surface area contributed by atoms with Crippen LogP contribution < -0.4 is 0 Å². The molecule has 1 heterocycles. The molecule has 1 aliphatic heterocycles. The molecule has 1 saturated heterocycles. The molecule has 5 heteroatoms. The number of thioether (sulfide) groups is 1. The van der Waals surface area contributed by atoms with E-state index in [1.54, 1.807) is 19.1 Å². The van der Waals surface area contributed by atoms with E-state index >= 15 is 0 Å². The van der Waals surface area contributed by atoms with Crippen LogP contribution in [-0.2, 0) is 0 Å². The monoisotopic (exact) mass is 293 g/mol. The Morgan fingerprint density at radius 1 is 1.25 bits per heavy atom. The van der Waals surface area contributed by atoms with E-state index in [1.807, 2.05) is 16.7 Å². The summed E-state index contributed by atoms with van der Waals surface area (Å²) in [6.45, 7) is 7.45. The highest BCUT2D eigenvalue weighted by atomic mass is 32.2. The quantitative estimate of drug-likeness (QED) is 0.910. The van der Waals surface area contributed by atoms with Crippen molar-refractivity contribution in [3.05, 3.63) is 34.9 Å². The lowest BCUT2D eigenvalue weighted by Crippen LogP contribution is -2.46. The number of benzene rings is 1. The SMILES string of the molecule is Cc1cc(C(=O)O)cc(C(=O)N2CCSC(C)(C)C2)c1. The van der Waals surface area contributed by atoms with Crippen LogP contribution in [0, 0.1) is 6.92 Å². The maximum Gasteiger partial charge on any atom is 0.335 e. The highest BCUT2D eigenvalue weighted by Gasteiger charge is 2.30. The van der Waals surface area contributed by atoms with Crippen molar-refractivity contribution < 1.29 is 14.7 Å². The van der Waals surface area contributed by atoms with Crippen molar-refractivity contribution in [3.8, 4) is 0 Å². The van der Waals surface area contributed by atoms with Gasteiger partial charge in [0.25, 0.3) is 5.91 Å². The molecule has 2 rings (SSSR count). The fourth-order valence-corrected chi connectivity index (χ4v) is 3.51. The molecule has 0 bridgehead atoms. The molecule has 0 radical (unpaired) electrons. The molecule has 1 aromatic carbocycles. The van der Waals surface area contributed by atoms with Gasteiger partial charge in [0.15, 0.2) is 0 Å². The Kier molecular flexibility index (Phi) is 4.09. The van der Waals surface area contributed by atoms with Crippen molar-refractivity contribution in [2.75, 3.05) is 18.8 Å². The van der Waals surface area contributed by atoms with Crippen molar-refractivity contribution in [2.24, 2.45) is 0 Å². The number of carboxylic acid groups (broad SMARTS) is 1. The van der Waals surface area contributed by atoms with E-state index in [0.29, 0.717) is 18.7 Å². The molecule has 0 unspecified atom stereocenters. The second-order valence-electron chi connectivity index (χ2n) is 5.73. The van der Waals surface area contributed by atoms with Crippen molar-refractivity contribution in [1.82, 2.24) is 4.90 Å². The Morgan fingerprint density at radius 2 is 1.90 bits per heavy atom. The zero-order valence-corrected chi connectivity index (χ0v) is 12.8. The van der Waals surface area contributed by atoms with Crippen LogP contribution in [0.1, 0.15) is 40.1 Å². The van der Waals surface area contributed by atoms with Gasteiger partial charge in [0.1, 0.15) is 0 Å². The molecule has 1 aliphatic rings. The summed E-state index contributed by atoms with van der Waals surface area (Å²) < 4.78 is 0.0490. The second-order valence-corrected chi connectivity index (χ2v) is 7.53. The van der Waals surface area contributed by atoms with Gasteiger partial charge in [-0.3, -0.25) is 4.79 Å². The van der Waals surface area contributed by atoms with E-state index in [2.05, 4.69) is 13.8 Å². The fraction of sp³-hybridized carbons (Fsp3) is 0.467. The molecule has 1 fully saturated rings. The summed E-state index contributed by atoms with van der Waals surface area (Å²) in [4.78, 5) is 25.4. The molecule has 0 atom stereocenters. The molecule has 0 saturated carbocycles. The minimum atomic E-state index is -1.00. The molecule has 20 heavy (non-hydrogen) atoms. The third-order valence-corrected chi connectivity index (χ3v) is 4.58. The average molecular weight is 293 g/mol. The van der Waals surface area contributed by atoms with Gasteiger partial charge in [-0.05, 0) is 44.5 Å². The van der Waals surface area contributed by atoms with E-state index in [-0.39, 0.29) is 16.2 Å². The second kappa shape index (κ2) is 5.48. The summed E-state index contributed by atoms with van der Waals surface area (Å²) in [5, 5.41) is 9.08. The lowest BCUT2D eigenvalue weighted by Gasteiger charge is -2.37. The van der Waals surface area contributed by atoms with Gasteiger partial charge in [-0.2, -0.15) is 11.8 Å². The van der Waals surface area contributed by atoms with Crippen molar-refractivity contribution in [3.63, 3.8) is 0 Å². The van der Waals surface area contributed by atoms with Crippen molar-refractivity contribution in [1.29, 1.82) is 0 Å². The molecule has 108 valence electrons. The van der Waals surface area contributed by atoms with Gasteiger partial charge >= 0.3 is 5.97 Å². The Labute approximate surface area is 123 Å². The van der Waals surface area contributed by atoms with Crippen LogP contribution in [0.3, 0.4) is 0 Å². The minimum absolute atomic E-state index is 0.0490.